The van der Waals surface area contributed by atoms with Gasteiger partial charge in [-0.25, -0.2) is 4.39 Å². The molecule has 1 heterocycles. The van der Waals surface area contributed by atoms with E-state index < -0.39 is 0 Å². The van der Waals surface area contributed by atoms with Crippen molar-refractivity contribution in [2.24, 2.45) is 0 Å². The van der Waals surface area contributed by atoms with Crippen LogP contribution in [0.1, 0.15) is 29.7 Å². The number of para-hydroxylation sites is 1. The molecule has 1 aliphatic heterocycles. The molecule has 20 heavy (non-hydrogen) atoms. The van der Waals surface area contributed by atoms with Crippen LogP contribution in [0.5, 0.6) is 5.75 Å². The van der Waals surface area contributed by atoms with Crippen molar-refractivity contribution in [3.05, 3.63) is 65.0 Å². The molecule has 3 heteroatoms. The van der Waals surface area contributed by atoms with Crippen molar-refractivity contribution in [1.29, 1.82) is 0 Å². The Balaban J connectivity index is 2.12. The molecular formula is C17H18FNO. The molecule has 0 bridgehead atoms. The average Bonchev–Trinajstić information content (AvgIpc) is 2.47. The smallest absolute Gasteiger partial charge is 0.123 e. The SMILES string of the molecule is COc1ccccc1C1NC(C)Cc2ccc(F)cc21. The van der Waals surface area contributed by atoms with Crippen molar-refractivity contribution in [2.75, 3.05) is 7.11 Å². The van der Waals surface area contributed by atoms with E-state index >= 15 is 0 Å². The van der Waals surface area contributed by atoms with Crippen LogP contribution in [-0.2, 0) is 6.42 Å². The van der Waals surface area contributed by atoms with Gasteiger partial charge in [-0.3, -0.25) is 0 Å². The van der Waals surface area contributed by atoms with E-state index in [4.69, 9.17) is 4.74 Å². The summed E-state index contributed by atoms with van der Waals surface area (Å²) in [4.78, 5) is 0. The molecule has 0 fully saturated rings. The lowest BCUT2D eigenvalue weighted by molar-refractivity contribution is 0.394. The van der Waals surface area contributed by atoms with Crippen LogP contribution in [0.4, 0.5) is 4.39 Å². The number of halogens is 1. The van der Waals surface area contributed by atoms with E-state index in [0.29, 0.717) is 6.04 Å². The third kappa shape index (κ3) is 2.29. The van der Waals surface area contributed by atoms with E-state index in [0.717, 1.165) is 23.3 Å². The summed E-state index contributed by atoms with van der Waals surface area (Å²) in [5.41, 5.74) is 3.26. The minimum absolute atomic E-state index is 0.0272. The number of hydrogen-bond donors (Lipinski definition) is 1. The summed E-state index contributed by atoms with van der Waals surface area (Å²) >= 11 is 0. The first kappa shape index (κ1) is 13.1. The van der Waals surface area contributed by atoms with E-state index in [1.54, 1.807) is 13.2 Å². The second kappa shape index (κ2) is 5.25. The van der Waals surface area contributed by atoms with Crippen LogP contribution in [0.2, 0.25) is 0 Å². The highest BCUT2D eigenvalue weighted by molar-refractivity contribution is 5.46. The van der Waals surface area contributed by atoms with Crippen LogP contribution in [0, 0.1) is 5.82 Å². The number of rotatable bonds is 2. The van der Waals surface area contributed by atoms with Crippen LogP contribution in [0.3, 0.4) is 0 Å². The molecule has 1 aliphatic rings. The summed E-state index contributed by atoms with van der Waals surface area (Å²) in [6.45, 7) is 2.15. The fourth-order valence-electron chi connectivity index (χ4n) is 2.95. The van der Waals surface area contributed by atoms with Crippen LogP contribution < -0.4 is 10.1 Å². The van der Waals surface area contributed by atoms with Crippen LogP contribution in [0.25, 0.3) is 0 Å². The van der Waals surface area contributed by atoms with Crippen molar-refractivity contribution in [2.45, 2.75) is 25.4 Å². The average molecular weight is 271 g/mol. The lowest BCUT2D eigenvalue weighted by Gasteiger charge is -2.32. The van der Waals surface area contributed by atoms with E-state index in [1.807, 2.05) is 30.3 Å². The maximum atomic E-state index is 13.6. The fourth-order valence-corrected chi connectivity index (χ4v) is 2.95. The number of hydrogen-bond acceptors (Lipinski definition) is 2. The number of ether oxygens (including phenoxy) is 1. The van der Waals surface area contributed by atoms with Gasteiger partial charge in [-0.2, -0.15) is 0 Å². The zero-order chi connectivity index (χ0) is 14.1. The van der Waals surface area contributed by atoms with E-state index in [-0.39, 0.29) is 11.9 Å². The Kier molecular flexibility index (Phi) is 3.45. The molecule has 1 N–H and O–H groups in total. The third-order valence-corrected chi connectivity index (χ3v) is 3.85. The Morgan fingerprint density at radius 3 is 2.75 bits per heavy atom. The van der Waals surface area contributed by atoms with Gasteiger partial charge in [0.1, 0.15) is 11.6 Å². The predicted octanol–water partition coefficient (Wildman–Crippen LogP) is 3.46. The number of methoxy groups -OCH3 is 1. The lowest BCUT2D eigenvalue weighted by Crippen LogP contribution is -2.38. The highest BCUT2D eigenvalue weighted by Gasteiger charge is 2.27. The second-order valence-electron chi connectivity index (χ2n) is 5.29. The lowest BCUT2D eigenvalue weighted by atomic mass is 9.86. The van der Waals surface area contributed by atoms with Gasteiger partial charge in [0.05, 0.1) is 13.2 Å². The molecule has 2 atom stereocenters. The Bertz CT molecular complexity index is 626. The summed E-state index contributed by atoms with van der Waals surface area (Å²) in [5, 5.41) is 3.54. The molecule has 0 aromatic heterocycles. The van der Waals surface area contributed by atoms with Gasteiger partial charge >= 0.3 is 0 Å². The van der Waals surface area contributed by atoms with Crippen LogP contribution in [0.15, 0.2) is 42.5 Å². The van der Waals surface area contributed by atoms with Gasteiger partial charge in [0.2, 0.25) is 0 Å². The molecule has 0 aliphatic carbocycles. The second-order valence-corrected chi connectivity index (χ2v) is 5.29. The molecule has 0 saturated carbocycles. The minimum atomic E-state index is -0.194. The maximum absolute atomic E-state index is 13.6. The van der Waals surface area contributed by atoms with Crippen molar-refractivity contribution < 1.29 is 9.13 Å². The van der Waals surface area contributed by atoms with Crippen molar-refractivity contribution in [1.82, 2.24) is 5.32 Å². The largest absolute Gasteiger partial charge is 0.496 e. The zero-order valence-corrected chi connectivity index (χ0v) is 11.7. The molecule has 0 radical (unpaired) electrons. The third-order valence-electron chi connectivity index (χ3n) is 3.85. The first-order valence-corrected chi connectivity index (χ1v) is 6.86. The molecule has 2 nitrogen and oxygen atoms in total. The summed E-state index contributed by atoms with van der Waals surface area (Å²) < 4.78 is 19.0. The summed E-state index contributed by atoms with van der Waals surface area (Å²) in [7, 11) is 1.66. The van der Waals surface area contributed by atoms with Gasteiger partial charge in [0.15, 0.2) is 0 Å². The Labute approximate surface area is 118 Å². The topological polar surface area (TPSA) is 21.3 Å². The highest BCUT2D eigenvalue weighted by atomic mass is 19.1. The van der Waals surface area contributed by atoms with Gasteiger partial charge in [-0.1, -0.05) is 24.3 Å². The van der Waals surface area contributed by atoms with Gasteiger partial charge in [0.25, 0.3) is 0 Å². The summed E-state index contributed by atoms with van der Waals surface area (Å²) in [6, 6.07) is 13.3. The monoisotopic (exact) mass is 271 g/mol. The quantitative estimate of drug-likeness (QED) is 0.903. The highest BCUT2D eigenvalue weighted by Crippen LogP contribution is 2.35. The Morgan fingerprint density at radius 1 is 1.15 bits per heavy atom. The molecule has 2 aromatic rings. The van der Waals surface area contributed by atoms with Crippen LogP contribution >= 0.6 is 0 Å². The maximum Gasteiger partial charge on any atom is 0.123 e. The molecule has 2 aromatic carbocycles. The van der Waals surface area contributed by atoms with Crippen molar-refractivity contribution in [3.63, 3.8) is 0 Å². The van der Waals surface area contributed by atoms with Crippen molar-refractivity contribution in [3.8, 4) is 5.75 Å². The molecule has 2 unspecified atom stereocenters. The summed E-state index contributed by atoms with van der Waals surface area (Å²) in [6.07, 6.45) is 0.918. The van der Waals surface area contributed by atoms with E-state index in [1.165, 1.54) is 11.6 Å². The Morgan fingerprint density at radius 2 is 1.95 bits per heavy atom. The number of nitrogens with one attached hydrogen (secondary N) is 1. The molecule has 104 valence electrons. The molecular weight excluding hydrogens is 253 g/mol. The molecule has 3 rings (SSSR count). The molecule has 0 saturated heterocycles. The Hall–Kier alpha value is -1.87. The first-order chi connectivity index (χ1) is 9.69. The zero-order valence-electron chi connectivity index (χ0n) is 11.7. The standard InChI is InChI=1S/C17H18FNO/c1-11-9-12-7-8-13(18)10-15(12)17(19-11)14-5-3-4-6-16(14)20-2/h3-8,10-11,17,19H,9H2,1-2H3. The van der Waals surface area contributed by atoms with Gasteiger partial charge in [-0.05, 0) is 42.7 Å². The van der Waals surface area contributed by atoms with E-state index in [9.17, 15) is 4.39 Å². The molecule has 0 spiro atoms. The number of benzene rings is 2. The normalized spacial score (nSPS) is 21.4. The fraction of sp³-hybridized carbons (Fsp3) is 0.294. The molecule has 0 amide bonds. The minimum Gasteiger partial charge on any atom is -0.496 e. The van der Waals surface area contributed by atoms with Crippen molar-refractivity contribution >= 4 is 0 Å². The summed E-state index contributed by atoms with van der Waals surface area (Å²) in [5.74, 6) is 0.634. The first-order valence-electron chi connectivity index (χ1n) is 6.86. The van der Waals surface area contributed by atoms with E-state index in [2.05, 4.69) is 12.2 Å². The predicted molar refractivity (Wildman–Crippen MR) is 77.5 cm³/mol. The van der Waals surface area contributed by atoms with Gasteiger partial charge in [0, 0.05) is 11.6 Å². The van der Waals surface area contributed by atoms with Crippen LogP contribution in [-0.4, -0.2) is 13.2 Å². The van der Waals surface area contributed by atoms with Gasteiger partial charge in [-0.15, -0.1) is 0 Å². The number of fused-ring (bicyclic) bond motifs is 1. The van der Waals surface area contributed by atoms with Gasteiger partial charge < -0.3 is 10.1 Å².